The maximum atomic E-state index is 4.29. The van der Waals surface area contributed by atoms with Crippen LogP contribution < -0.4 is 5.32 Å². The highest BCUT2D eigenvalue weighted by atomic mass is 79.9. The van der Waals surface area contributed by atoms with Crippen LogP contribution in [0.5, 0.6) is 0 Å². The highest BCUT2D eigenvalue weighted by molar-refractivity contribution is 9.10. The topological polar surface area (TPSA) is 28.2 Å². The van der Waals surface area contributed by atoms with Gasteiger partial charge in [-0.1, -0.05) is 0 Å². The fourth-order valence-electron chi connectivity index (χ4n) is 1.06. The van der Waals surface area contributed by atoms with Gasteiger partial charge in [0.05, 0.1) is 0 Å². The summed E-state index contributed by atoms with van der Waals surface area (Å²) in [5.74, 6) is 0. The van der Waals surface area contributed by atoms with Crippen LogP contribution in [0.1, 0.15) is 13.3 Å². The summed E-state index contributed by atoms with van der Waals surface area (Å²) in [6.45, 7) is 3.28. The van der Waals surface area contributed by atoms with Crippen LogP contribution in [-0.4, -0.2) is 36.6 Å². The van der Waals surface area contributed by atoms with Gasteiger partial charge < -0.3 is 10.2 Å². The number of thiazole rings is 1. The van der Waals surface area contributed by atoms with Crippen LogP contribution in [0.15, 0.2) is 9.98 Å². The van der Waals surface area contributed by atoms with Gasteiger partial charge in [0, 0.05) is 11.4 Å². The molecule has 0 aromatic carbocycles. The second kappa shape index (κ2) is 5.68. The van der Waals surface area contributed by atoms with Crippen molar-refractivity contribution in [1.82, 2.24) is 9.88 Å². The largest absolute Gasteiger partial charge is 0.359 e. The number of nitrogens with one attached hydrogen (secondary N) is 1. The average Bonchev–Trinajstić information content (AvgIpc) is 2.48. The number of rotatable bonds is 5. The van der Waals surface area contributed by atoms with E-state index in [0.717, 1.165) is 22.7 Å². The minimum Gasteiger partial charge on any atom is -0.359 e. The molecule has 14 heavy (non-hydrogen) atoms. The maximum Gasteiger partial charge on any atom is 0.183 e. The van der Waals surface area contributed by atoms with E-state index in [-0.39, 0.29) is 0 Å². The van der Waals surface area contributed by atoms with Gasteiger partial charge in [-0.15, -0.1) is 11.3 Å². The Morgan fingerprint density at radius 1 is 1.64 bits per heavy atom. The van der Waals surface area contributed by atoms with E-state index in [0.29, 0.717) is 6.04 Å². The van der Waals surface area contributed by atoms with Crippen molar-refractivity contribution in [2.45, 2.75) is 19.4 Å². The molecule has 0 aliphatic heterocycles. The highest BCUT2D eigenvalue weighted by Gasteiger charge is 2.05. The molecule has 1 aromatic heterocycles. The highest BCUT2D eigenvalue weighted by Crippen LogP contribution is 2.20. The van der Waals surface area contributed by atoms with Gasteiger partial charge in [0.2, 0.25) is 0 Å². The third kappa shape index (κ3) is 4.39. The van der Waals surface area contributed by atoms with Gasteiger partial charge in [-0.2, -0.15) is 0 Å². The van der Waals surface area contributed by atoms with E-state index in [4.69, 9.17) is 0 Å². The van der Waals surface area contributed by atoms with E-state index in [1.165, 1.54) is 0 Å². The SMILES string of the molecule is CC(CCN(C)C)Nc1nc(Br)cs1. The van der Waals surface area contributed by atoms with Crippen LogP contribution in [0.3, 0.4) is 0 Å². The summed E-state index contributed by atoms with van der Waals surface area (Å²) in [7, 11) is 4.18. The van der Waals surface area contributed by atoms with Crippen molar-refractivity contribution >= 4 is 32.4 Å². The van der Waals surface area contributed by atoms with Gasteiger partial charge in [0.25, 0.3) is 0 Å². The van der Waals surface area contributed by atoms with Crippen molar-refractivity contribution in [3.63, 3.8) is 0 Å². The Morgan fingerprint density at radius 3 is 2.86 bits per heavy atom. The Kier molecular flexibility index (Phi) is 4.84. The van der Waals surface area contributed by atoms with Gasteiger partial charge in [-0.3, -0.25) is 0 Å². The number of nitrogens with zero attached hydrogens (tertiary/aromatic N) is 2. The molecule has 1 rings (SSSR count). The van der Waals surface area contributed by atoms with Crippen LogP contribution in [-0.2, 0) is 0 Å². The Balaban J connectivity index is 2.30. The molecule has 0 saturated carbocycles. The molecule has 0 spiro atoms. The van der Waals surface area contributed by atoms with Crippen molar-refractivity contribution in [2.75, 3.05) is 26.0 Å². The minimum atomic E-state index is 0.468. The van der Waals surface area contributed by atoms with E-state index in [1.807, 2.05) is 5.38 Å². The molecule has 1 aromatic rings. The Bertz CT molecular complexity index is 275. The summed E-state index contributed by atoms with van der Waals surface area (Å²) < 4.78 is 0.907. The monoisotopic (exact) mass is 277 g/mol. The van der Waals surface area contributed by atoms with Crippen LogP contribution in [0.25, 0.3) is 0 Å². The van der Waals surface area contributed by atoms with E-state index in [9.17, 15) is 0 Å². The molecule has 0 fully saturated rings. The van der Waals surface area contributed by atoms with Crippen LogP contribution in [0, 0.1) is 0 Å². The van der Waals surface area contributed by atoms with Gasteiger partial charge >= 0.3 is 0 Å². The van der Waals surface area contributed by atoms with E-state index in [2.05, 4.69) is 52.1 Å². The van der Waals surface area contributed by atoms with Crippen molar-refractivity contribution < 1.29 is 0 Å². The van der Waals surface area contributed by atoms with E-state index in [1.54, 1.807) is 11.3 Å². The molecule has 0 saturated heterocycles. The number of anilines is 1. The second-order valence-corrected chi connectivity index (χ2v) is 5.28. The average molecular weight is 278 g/mol. The first kappa shape index (κ1) is 11.9. The maximum absolute atomic E-state index is 4.29. The first-order valence-corrected chi connectivity index (χ1v) is 6.27. The van der Waals surface area contributed by atoms with E-state index >= 15 is 0 Å². The smallest absolute Gasteiger partial charge is 0.183 e. The normalized spacial score (nSPS) is 13.2. The minimum absolute atomic E-state index is 0.468. The zero-order valence-corrected chi connectivity index (χ0v) is 11.2. The Morgan fingerprint density at radius 2 is 2.36 bits per heavy atom. The molecular weight excluding hydrogens is 262 g/mol. The van der Waals surface area contributed by atoms with Crippen LogP contribution >= 0.6 is 27.3 Å². The molecule has 3 nitrogen and oxygen atoms in total. The lowest BCUT2D eigenvalue weighted by Crippen LogP contribution is -2.22. The van der Waals surface area contributed by atoms with Crippen molar-refractivity contribution in [2.24, 2.45) is 0 Å². The number of hydrogen-bond donors (Lipinski definition) is 1. The summed E-state index contributed by atoms with van der Waals surface area (Å²) in [6.07, 6.45) is 1.13. The lowest BCUT2D eigenvalue weighted by atomic mass is 10.2. The van der Waals surface area contributed by atoms with Gasteiger partial charge in [0.1, 0.15) is 4.60 Å². The standard InChI is InChI=1S/C9H16BrN3S/c1-7(4-5-13(2)3)11-9-12-8(10)6-14-9/h6-7H,4-5H2,1-3H3,(H,11,12). The zero-order valence-electron chi connectivity index (χ0n) is 8.75. The van der Waals surface area contributed by atoms with Crippen LogP contribution in [0.4, 0.5) is 5.13 Å². The second-order valence-electron chi connectivity index (χ2n) is 3.61. The molecule has 1 atom stereocenters. The summed E-state index contributed by atoms with van der Waals surface area (Å²) in [4.78, 5) is 6.48. The predicted molar refractivity (Wildman–Crippen MR) is 66.1 cm³/mol. The Labute approximate surface area is 97.7 Å². The molecule has 0 aliphatic rings. The molecule has 1 unspecified atom stereocenters. The molecule has 1 N–H and O–H groups in total. The molecule has 5 heteroatoms. The van der Waals surface area contributed by atoms with Crippen molar-refractivity contribution in [3.8, 4) is 0 Å². The molecular formula is C9H16BrN3S. The summed E-state index contributed by atoms with van der Waals surface area (Å²) in [6, 6.07) is 0.468. The lowest BCUT2D eigenvalue weighted by Gasteiger charge is -2.15. The van der Waals surface area contributed by atoms with Crippen molar-refractivity contribution in [1.29, 1.82) is 0 Å². The third-order valence-corrected chi connectivity index (χ3v) is 3.34. The molecule has 0 radical (unpaired) electrons. The fraction of sp³-hybridized carbons (Fsp3) is 0.667. The predicted octanol–water partition coefficient (Wildman–Crippen LogP) is 2.66. The molecule has 0 bridgehead atoms. The number of hydrogen-bond acceptors (Lipinski definition) is 4. The summed E-state index contributed by atoms with van der Waals surface area (Å²) >= 11 is 4.96. The Hall–Kier alpha value is -0.130. The summed E-state index contributed by atoms with van der Waals surface area (Å²) in [5, 5.41) is 6.34. The first-order valence-electron chi connectivity index (χ1n) is 4.60. The van der Waals surface area contributed by atoms with Crippen LogP contribution in [0.2, 0.25) is 0 Å². The molecule has 80 valence electrons. The fourth-order valence-corrected chi connectivity index (χ4v) is 2.31. The number of halogens is 1. The number of aromatic nitrogens is 1. The summed E-state index contributed by atoms with van der Waals surface area (Å²) in [5.41, 5.74) is 0. The van der Waals surface area contributed by atoms with Crippen molar-refractivity contribution in [3.05, 3.63) is 9.98 Å². The van der Waals surface area contributed by atoms with Gasteiger partial charge in [-0.25, -0.2) is 4.98 Å². The molecule has 0 aliphatic carbocycles. The van der Waals surface area contributed by atoms with Gasteiger partial charge in [-0.05, 0) is 49.9 Å². The van der Waals surface area contributed by atoms with E-state index < -0.39 is 0 Å². The lowest BCUT2D eigenvalue weighted by molar-refractivity contribution is 0.390. The third-order valence-electron chi connectivity index (χ3n) is 1.86. The first-order chi connectivity index (χ1) is 6.58. The quantitative estimate of drug-likeness (QED) is 0.897. The zero-order chi connectivity index (χ0) is 10.6. The molecule has 1 heterocycles. The molecule has 0 amide bonds. The van der Waals surface area contributed by atoms with Gasteiger partial charge in [0.15, 0.2) is 5.13 Å².